The standard InChI is InChI=1S/C23H25ClN2O5S2/c1-26-8-6-17(13-26)31-20-10-16(4-5-19(20)24)25-33(27,28)23-12-22(30-3)21(29-2)11-18(23)15-7-9-32-14-15/h4-5,7,9-12,14,17,25H,6,8,13H2,1-3H3/t17-/m1/s1. The first-order valence-corrected chi connectivity index (χ1v) is 13.1. The number of hydrogen-bond acceptors (Lipinski definition) is 7. The molecule has 1 aliphatic rings. The molecule has 7 nitrogen and oxygen atoms in total. The summed E-state index contributed by atoms with van der Waals surface area (Å²) >= 11 is 7.80. The molecule has 0 unspecified atom stereocenters. The van der Waals surface area contributed by atoms with E-state index in [2.05, 4.69) is 9.62 Å². The Morgan fingerprint density at radius 1 is 1.09 bits per heavy atom. The highest BCUT2D eigenvalue weighted by molar-refractivity contribution is 7.92. The number of halogens is 1. The zero-order valence-electron chi connectivity index (χ0n) is 18.5. The van der Waals surface area contributed by atoms with E-state index >= 15 is 0 Å². The quantitative estimate of drug-likeness (QED) is 0.463. The Morgan fingerprint density at radius 2 is 1.85 bits per heavy atom. The Balaban J connectivity index is 1.69. The smallest absolute Gasteiger partial charge is 0.262 e. The molecular formula is C23H25ClN2O5S2. The molecule has 1 aromatic heterocycles. The summed E-state index contributed by atoms with van der Waals surface area (Å²) in [7, 11) is 1.03. The van der Waals surface area contributed by atoms with Crippen molar-refractivity contribution in [2.75, 3.05) is 39.1 Å². The summed E-state index contributed by atoms with van der Waals surface area (Å²) in [6.45, 7) is 1.74. The molecule has 1 aliphatic heterocycles. The normalized spacial score (nSPS) is 16.5. The molecule has 0 radical (unpaired) electrons. The number of ether oxygens (including phenoxy) is 3. The molecule has 4 rings (SSSR count). The van der Waals surface area contributed by atoms with Gasteiger partial charge in [-0.25, -0.2) is 8.42 Å². The van der Waals surface area contributed by atoms with Crippen LogP contribution in [0.4, 0.5) is 5.69 Å². The van der Waals surface area contributed by atoms with Crippen molar-refractivity contribution in [2.45, 2.75) is 17.4 Å². The zero-order valence-corrected chi connectivity index (χ0v) is 20.9. The average molecular weight is 509 g/mol. The van der Waals surface area contributed by atoms with Crippen molar-refractivity contribution in [1.29, 1.82) is 0 Å². The molecule has 0 saturated carbocycles. The van der Waals surface area contributed by atoms with Gasteiger partial charge < -0.3 is 19.1 Å². The van der Waals surface area contributed by atoms with Gasteiger partial charge in [-0.2, -0.15) is 11.3 Å². The van der Waals surface area contributed by atoms with E-state index in [-0.39, 0.29) is 11.0 Å². The van der Waals surface area contributed by atoms with Crippen LogP contribution in [0.25, 0.3) is 11.1 Å². The zero-order chi connectivity index (χ0) is 23.6. The number of anilines is 1. The molecule has 1 saturated heterocycles. The third-order valence-electron chi connectivity index (χ3n) is 5.43. The predicted molar refractivity (Wildman–Crippen MR) is 132 cm³/mol. The molecule has 2 aromatic carbocycles. The number of nitrogens with zero attached hydrogens (tertiary/aromatic N) is 1. The molecule has 1 N–H and O–H groups in total. The minimum atomic E-state index is -3.98. The van der Waals surface area contributed by atoms with E-state index in [1.54, 1.807) is 24.3 Å². The SMILES string of the molecule is COc1cc(-c2ccsc2)c(S(=O)(=O)Nc2ccc(Cl)c(O[C@@H]3CCN(C)C3)c2)cc1OC. The highest BCUT2D eigenvalue weighted by Gasteiger charge is 2.25. The summed E-state index contributed by atoms with van der Waals surface area (Å²) in [6.07, 6.45) is 0.897. The van der Waals surface area contributed by atoms with Gasteiger partial charge in [-0.15, -0.1) is 0 Å². The van der Waals surface area contributed by atoms with Gasteiger partial charge in [-0.1, -0.05) is 11.6 Å². The van der Waals surface area contributed by atoms with Crippen molar-refractivity contribution < 1.29 is 22.6 Å². The predicted octanol–water partition coefficient (Wildman–Crippen LogP) is 4.97. The fourth-order valence-electron chi connectivity index (χ4n) is 3.76. The molecule has 0 amide bonds. The van der Waals surface area contributed by atoms with Crippen LogP contribution in [0.3, 0.4) is 0 Å². The molecule has 176 valence electrons. The van der Waals surface area contributed by atoms with E-state index < -0.39 is 10.0 Å². The molecule has 0 spiro atoms. The number of methoxy groups -OCH3 is 2. The molecule has 33 heavy (non-hydrogen) atoms. The highest BCUT2D eigenvalue weighted by atomic mass is 35.5. The maximum Gasteiger partial charge on any atom is 0.262 e. The number of nitrogens with one attached hydrogen (secondary N) is 1. The summed E-state index contributed by atoms with van der Waals surface area (Å²) < 4.78 is 46.4. The van der Waals surface area contributed by atoms with E-state index in [4.69, 9.17) is 25.8 Å². The number of rotatable bonds is 8. The van der Waals surface area contributed by atoms with Crippen LogP contribution in [0.2, 0.25) is 5.02 Å². The molecule has 2 heterocycles. The lowest BCUT2D eigenvalue weighted by molar-refractivity contribution is 0.208. The number of benzene rings is 2. The Hall–Kier alpha value is -2.46. The van der Waals surface area contributed by atoms with E-state index in [1.165, 1.54) is 31.6 Å². The number of likely N-dealkylation sites (N-methyl/N-ethyl adjacent to an activating group) is 1. The van der Waals surface area contributed by atoms with E-state index in [0.29, 0.717) is 33.5 Å². The van der Waals surface area contributed by atoms with Gasteiger partial charge in [0.2, 0.25) is 0 Å². The third kappa shape index (κ3) is 5.22. The molecule has 10 heteroatoms. The maximum absolute atomic E-state index is 13.5. The van der Waals surface area contributed by atoms with Crippen LogP contribution in [0.5, 0.6) is 17.2 Å². The molecule has 0 bridgehead atoms. The van der Waals surface area contributed by atoms with Gasteiger partial charge in [0.15, 0.2) is 11.5 Å². The van der Waals surface area contributed by atoms with Gasteiger partial charge in [-0.3, -0.25) is 4.72 Å². The van der Waals surface area contributed by atoms with Gasteiger partial charge >= 0.3 is 0 Å². The lowest BCUT2D eigenvalue weighted by Gasteiger charge is -2.18. The summed E-state index contributed by atoms with van der Waals surface area (Å²) in [5.74, 6) is 1.21. The number of thiophene rings is 1. The number of sulfonamides is 1. The van der Waals surface area contributed by atoms with Crippen LogP contribution in [0.1, 0.15) is 6.42 Å². The first-order chi connectivity index (χ1) is 15.8. The maximum atomic E-state index is 13.5. The van der Waals surface area contributed by atoms with Crippen molar-refractivity contribution in [3.8, 4) is 28.4 Å². The van der Waals surface area contributed by atoms with Crippen LogP contribution in [-0.2, 0) is 10.0 Å². The molecule has 0 aliphatic carbocycles. The van der Waals surface area contributed by atoms with Crippen LogP contribution >= 0.6 is 22.9 Å². The van der Waals surface area contributed by atoms with Gasteiger partial charge in [0.05, 0.1) is 29.8 Å². The lowest BCUT2D eigenvalue weighted by atomic mass is 10.1. The minimum Gasteiger partial charge on any atom is -0.493 e. The van der Waals surface area contributed by atoms with E-state index in [9.17, 15) is 8.42 Å². The van der Waals surface area contributed by atoms with Crippen molar-refractivity contribution in [3.63, 3.8) is 0 Å². The minimum absolute atomic E-state index is 0.00963. The van der Waals surface area contributed by atoms with E-state index in [0.717, 1.165) is 25.1 Å². The second-order valence-electron chi connectivity index (χ2n) is 7.76. The van der Waals surface area contributed by atoms with Gasteiger partial charge in [0.25, 0.3) is 10.0 Å². The monoisotopic (exact) mass is 508 g/mol. The molecule has 1 atom stereocenters. The Morgan fingerprint density at radius 3 is 2.48 bits per heavy atom. The summed E-state index contributed by atoms with van der Waals surface area (Å²) in [4.78, 5) is 2.25. The lowest BCUT2D eigenvalue weighted by Crippen LogP contribution is -2.21. The topological polar surface area (TPSA) is 77.1 Å². The third-order valence-corrected chi connectivity index (χ3v) is 7.85. The molecule has 1 fully saturated rings. The van der Waals surface area contributed by atoms with Crippen LogP contribution < -0.4 is 18.9 Å². The molecular weight excluding hydrogens is 484 g/mol. The van der Waals surface area contributed by atoms with Crippen molar-refractivity contribution in [3.05, 3.63) is 52.2 Å². The summed E-state index contributed by atoms with van der Waals surface area (Å²) in [6, 6.07) is 9.85. The molecule has 3 aromatic rings. The fraction of sp³-hybridized carbons (Fsp3) is 0.304. The first-order valence-electron chi connectivity index (χ1n) is 10.3. The fourth-order valence-corrected chi connectivity index (χ4v) is 5.86. The second kappa shape index (κ2) is 9.80. The Kier molecular flexibility index (Phi) is 7.04. The van der Waals surface area contributed by atoms with Crippen molar-refractivity contribution >= 4 is 38.6 Å². The highest BCUT2D eigenvalue weighted by Crippen LogP contribution is 2.39. The van der Waals surface area contributed by atoms with Crippen molar-refractivity contribution in [1.82, 2.24) is 4.90 Å². The van der Waals surface area contributed by atoms with Gasteiger partial charge in [0.1, 0.15) is 11.9 Å². The van der Waals surface area contributed by atoms with Gasteiger partial charge in [-0.05, 0) is 54.1 Å². The van der Waals surface area contributed by atoms with Crippen LogP contribution in [-0.4, -0.2) is 53.8 Å². The Bertz CT molecular complexity index is 1230. The number of hydrogen-bond donors (Lipinski definition) is 1. The van der Waals surface area contributed by atoms with Crippen LogP contribution in [0.15, 0.2) is 52.1 Å². The van der Waals surface area contributed by atoms with Crippen molar-refractivity contribution in [2.24, 2.45) is 0 Å². The second-order valence-corrected chi connectivity index (χ2v) is 10.6. The summed E-state index contributed by atoms with van der Waals surface area (Å²) in [5.41, 5.74) is 1.64. The van der Waals surface area contributed by atoms with Crippen LogP contribution in [0, 0.1) is 0 Å². The van der Waals surface area contributed by atoms with Gasteiger partial charge in [0, 0.05) is 30.8 Å². The first kappa shape index (κ1) is 23.7. The average Bonchev–Trinajstić information content (AvgIpc) is 3.47. The summed E-state index contributed by atoms with van der Waals surface area (Å²) in [5, 5.41) is 4.20. The van der Waals surface area contributed by atoms with E-state index in [1.807, 2.05) is 23.9 Å². The Labute approximate surface area is 202 Å². The number of likely N-dealkylation sites (tertiary alicyclic amines) is 1. The largest absolute Gasteiger partial charge is 0.493 e.